The Labute approximate surface area is 127 Å². The molecule has 6 heteroatoms. The number of aliphatic hydroxyl groups excluding tert-OH is 1. The number of amides is 1. The van der Waals surface area contributed by atoms with E-state index in [0.29, 0.717) is 42.4 Å². The molecule has 0 aliphatic rings. The molecular formula is C15H17ClN2O3. The third-order valence-corrected chi connectivity index (χ3v) is 3.20. The lowest BCUT2D eigenvalue weighted by molar-refractivity contribution is 0.0866. The Bertz CT molecular complexity index is 619. The van der Waals surface area contributed by atoms with E-state index < -0.39 is 0 Å². The maximum atomic E-state index is 12.0. The van der Waals surface area contributed by atoms with Gasteiger partial charge in [0.25, 0.3) is 5.91 Å². The Morgan fingerprint density at radius 3 is 2.95 bits per heavy atom. The number of ether oxygens (including phenoxy) is 1. The molecule has 5 nitrogen and oxygen atoms in total. The summed E-state index contributed by atoms with van der Waals surface area (Å²) in [5, 5.41) is 12.7. The molecule has 1 aromatic heterocycles. The van der Waals surface area contributed by atoms with Crippen molar-refractivity contribution in [3.8, 4) is 0 Å². The number of aliphatic hydroxyl groups is 1. The van der Waals surface area contributed by atoms with Crippen molar-refractivity contribution < 1.29 is 14.6 Å². The number of carbonyl (C=O) groups excluding carboxylic acids is 1. The van der Waals surface area contributed by atoms with E-state index in [0.717, 1.165) is 5.39 Å². The number of hydrogen-bond acceptors (Lipinski definition) is 4. The van der Waals surface area contributed by atoms with E-state index in [1.807, 2.05) is 24.3 Å². The van der Waals surface area contributed by atoms with Crippen LogP contribution in [0.5, 0.6) is 0 Å². The van der Waals surface area contributed by atoms with E-state index in [9.17, 15) is 4.79 Å². The molecule has 112 valence electrons. The normalized spacial score (nSPS) is 10.8. The maximum Gasteiger partial charge on any atom is 0.269 e. The van der Waals surface area contributed by atoms with E-state index in [1.165, 1.54) is 0 Å². The van der Waals surface area contributed by atoms with Crippen molar-refractivity contribution in [2.24, 2.45) is 0 Å². The fourth-order valence-electron chi connectivity index (χ4n) is 1.88. The van der Waals surface area contributed by atoms with E-state index >= 15 is 0 Å². The Hall–Kier alpha value is -1.69. The molecule has 0 saturated heterocycles. The van der Waals surface area contributed by atoms with Crippen molar-refractivity contribution in [2.45, 2.75) is 6.42 Å². The minimum atomic E-state index is -0.259. The lowest BCUT2D eigenvalue weighted by atomic mass is 10.2. The Morgan fingerprint density at radius 2 is 2.14 bits per heavy atom. The number of benzene rings is 1. The van der Waals surface area contributed by atoms with Gasteiger partial charge in [-0.3, -0.25) is 4.79 Å². The third-order valence-electron chi connectivity index (χ3n) is 2.88. The number of nitrogens with zero attached hydrogens (tertiary/aromatic N) is 1. The van der Waals surface area contributed by atoms with Gasteiger partial charge in [0.05, 0.1) is 23.8 Å². The van der Waals surface area contributed by atoms with Crippen LogP contribution in [0.15, 0.2) is 30.3 Å². The summed E-state index contributed by atoms with van der Waals surface area (Å²) in [6, 6.07) is 8.99. The van der Waals surface area contributed by atoms with Gasteiger partial charge in [0.15, 0.2) is 0 Å². The first-order chi connectivity index (χ1) is 10.2. The number of nitrogens with one attached hydrogen (secondary N) is 1. The molecule has 0 bridgehead atoms. The highest BCUT2D eigenvalue weighted by Crippen LogP contribution is 2.22. The zero-order valence-corrected chi connectivity index (χ0v) is 12.3. The van der Waals surface area contributed by atoms with Gasteiger partial charge in [0.2, 0.25) is 0 Å². The van der Waals surface area contributed by atoms with Crippen LogP contribution in [-0.4, -0.2) is 42.4 Å². The van der Waals surface area contributed by atoms with Gasteiger partial charge in [-0.15, -0.1) is 0 Å². The molecular weight excluding hydrogens is 292 g/mol. The molecule has 1 heterocycles. The van der Waals surface area contributed by atoms with Crippen molar-refractivity contribution in [1.29, 1.82) is 0 Å². The van der Waals surface area contributed by atoms with Crippen LogP contribution in [0.25, 0.3) is 10.9 Å². The van der Waals surface area contributed by atoms with Crippen LogP contribution in [0.1, 0.15) is 16.9 Å². The Kier molecular flexibility index (Phi) is 5.92. The van der Waals surface area contributed by atoms with E-state index in [-0.39, 0.29) is 12.5 Å². The van der Waals surface area contributed by atoms with Gasteiger partial charge < -0.3 is 15.2 Å². The quantitative estimate of drug-likeness (QED) is 0.768. The number of rotatable bonds is 7. The number of pyridine rings is 1. The van der Waals surface area contributed by atoms with Crippen LogP contribution in [-0.2, 0) is 4.74 Å². The molecule has 0 unspecified atom stereocenters. The molecule has 1 aromatic carbocycles. The van der Waals surface area contributed by atoms with Gasteiger partial charge in [0.1, 0.15) is 5.69 Å². The first-order valence-corrected chi connectivity index (χ1v) is 7.12. The van der Waals surface area contributed by atoms with Crippen LogP contribution >= 0.6 is 11.6 Å². The molecule has 0 aliphatic heterocycles. The number of aromatic nitrogens is 1. The second kappa shape index (κ2) is 7.93. The largest absolute Gasteiger partial charge is 0.394 e. The highest BCUT2D eigenvalue weighted by molar-refractivity contribution is 6.35. The number of carbonyl (C=O) groups is 1. The average molecular weight is 309 g/mol. The molecule has 0 spiro atoms. The maximum absolute atomic E-state index is 12.0. The van der Waals surface area contributed by atoms with Crippen LogP contribution < -0.4 is 5.32 Å². The fraction of sp³-hybridized carbons (Fsp3) is 0.333. The first-order valence-electron chi connectivity index (χ1n) is 6.74. The number of hydrogen-bond donors (Lipinski definition) is 2. The van der Waals surface area contributed by atoms with Gasteiger partial charge in [-0.05, 0) is 18.6 Å². The Balaban J connectivity index is 1.93. The molecule has 21 heavy (non-hydrogen) atoms. The van der Waals surface area contributed by atoms with Crippen molar-refractivity contribution in [2.75, 3.05) is 26.4 Å². The van der Waals surface area contributed by atoms with E-state index in [1.54, 1.807) is 6.07 Å². The number of fused-ring (bicyclic) bond motifs is 1. The van der Waals surface area contributed by atoms with Gasteiger partial charge in [0, 0.05) is 18.5 Å². The molecule has 2 aromatic rings. The van der Waals surface area contributed by atoms with Gasteiger partial charge in [-0.1, -0.05) is 29.8 Å². The minimum absolute atomic E-state index is 0.00582. The van der Waals surface area contributed by atoms with Crippen LogP contribution in [0.4, 0.5) is 0 Å². The summed E-state index contributed by atoms with van der Waals surface area (Å²) >= 11 is 6.16. The van der Waals surface area contributed by atoms with Gasteiger partial charge >= 0.3 is 0 Å². The highest BCUT2D eigenvalue weighted by atomic mass is 35.5. The highest BCUT2D eigenvalue weighted by Gasteiger charge is 2.10. The predicted molar refractivity (Wildman–Crippen MR) is 81.6 cm³/mol. The smallest absolute Gasteiger partial charge is 0.269 e. The molecule has 2 rings (SSSR count). The molecule has 0 fully saturated rings. The molecule has 0 atom stereocenters. The second-order valence-electron chi connectivity index (χ2n) is 4.45. The van der Waals surface area contributed by atoms with Gasteiger partial charge in [-0.25, -0.2) is 4.98 Å². The zero-order valence-electron chi connectivity index (χ0n) is 11.5. The van der Waals surface area contributed by atoms with Crippen LogP contribution in [0, 0.1) is 0 Å². The summed E-state index contributed by atoms with van der Waals surface area (Å²) in [4.78, 5) is 16.3. The predicted octanol–water partition coefficient (Wildman–Crippen LogP) is 2.02. The van der Waals surface area contributed by atoms with Crippen LogP contribution in [0.2, 0.25) is 5.02 Å². The number of para-hydroxylation sites is 1. The van der Waals surface area contributed by atoms with Crippen molar-refractivity contribution in [1.82, 2.24) is 10.3 Å². The SMILES string of the molecule is O=C(NCCCOCCO)c1cc(Cl)c2ccccc2n1. The second-order valence-corrected chi connectivity index (χ2v) is 4.86. The first kappa shape index (κ1) is 15.7. The molecule has 0 saturated carbocycles. The summed E-state index contributed by atoms with van der Waals surface area (Å²) in [6.45, 7) is 1.30. The van der Waals surface area contributed by atoms with Crippen molar-refractivity contribution in [3.63, 3.8) is 0 Å². The van der Waals surface area contributed by atoms with E-state index in [4.69, 9.17) is 21.4 Å². The van der Waals surface area contributed by atoms with Gasteiger partial charge in [-0.2, -0.15) is 0 Å². The summed E-state index contributed by atoms with van der Waals surface area (Å²) in [5.74, 6) is -0.259. The molecule has 1 amide bonds. The average Bonchev–Trinajstić information content (AvgIpc) is 2.50. The third kappa shape index (κ3) is 4.39. The summed E-state index contributed by atoms with van der Waals surface area (Å²) in [7, 11) is 0. The zero-order chi connectivity index (χ0) is 15.1. The number of halogens is 1. The summed E-state index contributed by atoms with van der Waals surface area (Å²) in [5.41, 5.74) is 0.997. The molecule has 0 aliphatic carbocycles. The van der Waals surface area contributed by atoms with E-state index in [2.05, 4.69) is 10.3 Å². The fourth-order valence-corrected chi connectivity index (χ4v) is 2.15. The summed E-state index contributed by atoms with van der Waals surface area (Å²) in [6.07, 6.45) is 0.674. The summed E-state index contributed by atoms with van der Waals surface area (Å²) < 4.78 is 5.11. The Morgan fingerprint density at radius 1 is 1.33 bits per heavy atom. The minimum Gasteiger partial charge on any atom is -0.394 e. The topological polar surface area (TPSA) is 71.5 Å². The van der Waals surface area contributed by atoms with Crippen molar-refractivity contribution in [3.05, 3.63) is 41.0 Å². The van der Waals surface area contributed by atoms with Crippen molar-refractivity contribution >= 4 is 28.4 Å². The lowest BCUT2D eigenvalue weighted by Crippen LogP contribution is -2.26. The molecule has 0 radical (unpaired) electrons. The standard InChI is InChI=1S/C15H17ClN2O3/c16-12-10-14(18-13-5-2-1-4-11(12)13)15(20)17-6-3-8-21-9-7-19/h1-2,4-5,10,19H,3,6-9H2,(H,17,20). The lowest BCUT2D eigenvalue weighted by Gasteiger charge is -2.07. The monoisotopic (exact) mass is 308 g/mol. The van der Waals surface area contributed by atoms with Crippen LogP contribution in [0.3, 0.4) is 0 Å². The molecule has 2 N–H and O–H groups in total.